The fourth-order valence-corrected chi connectivity index (χ4v) is 1.96. The van der Waals surface area contributed by atoms with Crippen molar-refractivity contribution in [2.45, 2.75) is 19.9 Å². The van der Waals surface area contributed by atoms with Crippen molar-refractivity contribution in [3.8, 4) is 0 Å². The number of carbonyl (C=O) groups is 1. The van der Waals surface area contributed by atoms with Crippen LogP contribution in [0.4, 0.5) is 10.8 Å². The SMILES string of the molecule is COC(=O)c1c(N)nsc1N(C)C(C)C. The Hall–Kier alpha value is -1.30. The number of aromatic nitrogens is 1. The molecular formula is C9H15N3O2S. The van der Waals surface area contributed by atoms with Crippen LogP contribution in [0, 0.1) is 0 Å². The van der Waals surface area contributed by atoms with E-state index in [9.17, 15) is 4.79 Å². The Kier molecular flexibility index (Phi) is 3.52. The van der Waals surface area contributed by atoms with Gasteiger partial charge in [0.2, 0.25) is 0 Å². The number of nitrogens with two attached hydrogens (primary N) is 1. The lowest BCUT2D eigenvalue weighted by Gasteiger charge is -2.22. The van der Waals surface area contributed by atoms with Crippen molar-refractivity contribution in [3.05, 3.63) is 5.56 Å². The van der Waals surface area contributed by atoms with Crippen LogP contribution in [0.15, 0.2) is 0 Å². The van der Waals surface area contributed by atoms with Crippen LogP contribution in [0.5, 0.6) is 0 Å². The van der Waals surface area contributed by atoms with Gasteiger partial charge in [-0.2, -0.15) is 4.37 Å². The lowest BCUT2D eigenvalue weighted by atomic mass is 10.2. The first-order valence-corrected chi connectivity index (χ1v) is 5.32. The van der Waals surface area contributed by atoms with Crippen LogP contribution in [-0.2, 0) is 4.74 Å². The van der Waals surface area contributed by atoms with E-state index in [1.807, 2.05) is 25.8 Å². The minimum Gasteiger partial charge on any atom is -0.465 e. The highest BCUT2D eigenvalue weighted by molar-refractivity contribution is 7.11. The molecule has 0 amide bonds. The van der Waals surface area contributed by atoms with Gasteiger partial charge in [0, 0.05) is 13.1 Å². The molecule has 84 valence electrons. The van der Waals surface area contributed by atoms with Crippen LogP contribution in [-0.4, -0.2) is 30.5 Å². The molecule has 0 saturated carbocycles. The van der Waals surface area contributed by atoms with Gasteiger partial charge in [-0.25, -0.2) is 4.79 Å². The number of esters is 1. The Morgan fingerprint density at radius 2 is 2.20 bits per heavy atom. The quantitative estimate of drug-likeness (QED) is 0.792. The van der Waals surface area contributed by atoms with E-state index in [2.05, 4.69) is 9.11 Å². The van der Waals surface area contributed by atoms with Gasteiger partial charge in [0.1, 0.15) is 10.6 Å². The van der Waals surface area contributed by atoms with Gasteiger partial charge in [-0.05, 0) is 25.4 Å². The summed E-state index contributed by atoms with van der Waals surface area (Å²) in [5.74, 6) is -0.210. The van der Waals surface area contributed by atoms with E-state index in [0.717, 1.165) is 5.00 Å². The van der Waals surface area contributed by atoms with Gasteiger partial charge in [0.15, 0.2) is 5.82 Å². The number of ether oxygens (including phenoxy) is 1. The number of carbonyl (C=O) groups excluding carboxylic acids is 1. The molecule has 1 rings (SSSR count). The minimum absolute atomic E-state index is 0.231. The number of nitrogen functional groups attached to an aromatic ring is 1. The monoisotopic (exact) mass is 229 g/mol. The molecule has 0 spiro atoms. The van der Waals surface area contributed by atoms with Gasteiger partial charge in [0.25, 0.3) is 0 Å². The topological polar surface area (TPSA) is 68.5 Å². The fourth-order valence-electron chi connectivity index (χ4n) is 1.06. The molecule has 0 bridgehead atoms. The number of rotatable bonds is 3. The van der Waals surface area contributed by atoms with Crippen LogP contribution < -0.4 is 10.6 Å². The van der Waals surface area contributed by atoms with Crippen LogP contribution in [0.1, 0.15) is 24.2 Å². The number of hydrogen-bond donors (Lipinski definition) is 1. The maximum atomic E-state index is 11.5. The molecule has 0 unspecified atom stereocenters. The van der Waals surface area contributed by atoms with E-state index in [1.165, 1.54) is 18.6 Å². The average molecular weight is 229 g/mol. The van der Waals surface area contributed by atoms with Crippen LogP contribution in [0.25, 0.3) is 0 Å². The summed E-state index contributed by atoms with van der Waals surface area (Å²) in [6.45, 7) is 4.05. The van der Waals surface area contributed by atoms with E-state index in [0.29, 0.717) is 5.56 Å². The highest BCUT2D eigenvalue weighted by Crippen LogP contribution is 2.31. The second-order valence-corrected chi connectivity index (χ2v) is 4.20. The summed E-state index contributed by atoms with van der Waals surface area (Å²) in [5, 5.41) is 0.745. The third-order valence-corrected chi connectivity index (χ3v) is 3.14. The third kappa shape index (κ3) is 2.20. The predicted octanol–water partition coefficient (Wildman–Crippen LogP) is 1.36. The summed E-state index contributed by atoms with van der Waals surface area (Å²) in [6.07, 6.45) is 0. The summed E-state index contributed by atoms with van der Waals surface area (Å²) >= 11 is 1.21. The minimum atomic E-state index is -0.441. The average Bonchev–Trinajstić information content (AvgIpc) is 2.57. The number of hydrogen-bond acceptors (Lipinski definition) is 6. The Bertz CT molecular complexity index is 362. The van der Waals surface area contributed by atoms with Gasteiger partial charge in [-0.1, -0.05) is 0 Å². The largest absolute Gasteiger partial charge is 0.465 e. The van der Waals surface area contributed by atoms with Gasteiger partial charge < -0.3 is 15.4 Å². The zero-order chi connectivity index (χ0) is 11.6. The van der Waals surface area contributed by atoms with Crippen LogP contribution in [0.2, 0.25) is 0 Å². The molecule has 0 atom stereocenters. The zero-order valence-electron chi connectivity index (χ0n) is 9.27. The molecule has 0 saturated heterocycles. The second-order valence-electron chi connectivity index (χ2n) is 3.44. The van der Waals surface area contributed by atoms with Crippen molar-refractivity contribution < 1.29 is 9.53 Å². The molecule has 0 aromatic carbocycles. The van der Waals surface area contributed by atoms with E-state index >= 15 is 0 Å². The smallest absolute Gasteiger partial charge is 0.344 e. The van der Waals surface area contributed by atoms with Crippen LogP contribution >= 0.6 is 11.5 Å². The van der Waals surface area contributed by atoms with Crippen molar-refractivity contribution in [1.82, 2.24) is 4.37 Å². The van der Waals surface area contributed by atoms with E-state index in [1.54, 1.807) is 0 Å². The van der Waals surface area contributed by atoms with Gasteiger partial charge in [0.05, 0.1) is 7.11 Å². The predicted molar refractivity (Wildman–Crippen MR) is 61.4 cm³/mol. The summed E-state index contributed by atoms with van der Waals surface area (Å²) in [7, 11) is 3.22. The van der Waals surface area contributed by atoms with E-state index in [-0.39, 0.29) is 11.9 Å². The first-order chi connectivity index (χ1) is 6.99. The Morgan fingerprint density at radius 1 is 1.60 bits per heavy atom. The zero-order valence-corrected chi connectivity index (χ0v) is 10.1. The molecule has 15 heavy (non-hydrogen) atoms. The first kappa shape index (κ1) is 11.8. The lowest BCUT2D eigenvalue weighted by molar-refractivity contribution is 0.0603. The molecule has 1 heterocycles. The van der Waals surface area contributed by atoms with Crippen molar-refractivity contribution >= 4 is 28.3 Å². The molecular weight excluding hydrogens is 214 g/mol. The molecule has 0 aliphatic rings. The fraction of sp³-hybridized carbons (Fsp3) is 0.556. The number of nitrogens with zero attached hydrogens (tertiary/aromatic N) is 2. The lowest BCUT2D eigenvalue weighted by Crippen LogP contribution is -2.26. The molecule has 0 aliphatic heterocycles. The molecule has 1 aromatic heterocycles. The maximum absolute atomic E-state index is 11.5. The summed E-state index contributed by atoms with van der Waals surface area (Å²) in [6, 6.07) is 0.272. The Balaban J connectivity index is 3.14. The van der Waals surface area contributed by atoms with Gasteiger partial charge in [-0.15, -0.1) is 0 Å². The highest BCUT2D eigenvalue weighted by Gasteiger charge is 2.23. The van der Waals surface area contributed by atoms with Crippen LogP contribution in [0.3, 0.4) is 0 Å². The number of methoxy groups -OCH3 is 1. The maximum Gasteiger partial charge on any atom is 0.344 e. The van der Waals surface area contributed by atoms with Gasteiger partial charge >= 0.3 is 5.97 Å². The standard InChI is InChI=1S/C9H15N3O2S/c1-5(2)12(3)8-6(9(13)14-4)7(10)11-15-8/h5H,1-4H3,(H2,10,11). The molecule has 2 N–H and O–H groups in total. The first-order valence-electron chi connectivity index (χ1n) is 4.55. The normalized spacial score (nSPS) is 10.5. The third-order valence-electron chi connectivity index (χ3n) is 2.18. The van der Waals surface area contributed by atoms with E-state index in [4.69, 9.17) is 5.73 Å². The van der Waals surface area contributed by atoms with Crippen molar-refractivity contribution in [3.63, 3.8) is 0 Å². The summed E-state index contributed by atoms with van der Waals surface area (Å²) < 4.78 is 8.63. The summed E-state index contributed by atoms with van der Waals surface area (Å²) in [4.78, 5) is 13.4. The van der Waals surface area contributed by atoms with Crippen molar-refractivity contribution in [1.29, 1.82) is 0 Å². The molecule has 1 aromatic rings. The van der Waals surface area contributed by atoms with Gasteiger partial charge in [-0.3, -0.25) is 0 Å². The molecule has 0 aliphatic carbocycles. The molecule has 0 fully saturated rings. The van der Waals surface area contributed by atoms with Crippen molar-refractivity contribution in [2.75, 3.05) is 24.8 Å². The number of anilines is 2. The Labute approximate surface area is 93.0 Å². The van der Waals surface area contributed by atoms with Crippen molar-refractivity contribution in [2.24, 2.45) is 0 Å². The molecule has 5 nitrogen and oxygen atoms in total. The second kappa shape index (κ2) is 4.48. The molecule has 6 heteroatoms. The highest BCUT2D eigenvalue weighted by atomic mass is 32.1. The summed E-state index contributed by atoms with van der Waals surface area (Å²) in [5.41, 5.74) is 5.99. The van der Waals surface area contributed by atoms with E-state index < -0.39 is 5.97 Å². The molecule has 0 radical (unpaired) electrons. The Morgan fingerprint density at radius 3 is 2.67 bits per heavy atom.